The molecule has 1 heterocycles. The van der Waals surface area contributed by atoms with E-state index in [1.165, 1.54) is 0 Å². The van der Waals surface area contributed by atoms with Crippen LogP contribution in [0.25, 0.3) is 0 Å². The van der Waals surface area contributed by atoms with Gasteiger partial charge in [-0.1, -0.05) is 11.6 Å². The maximum atomic E-state index is 11.7. The topological polar surface area (TPSA) is 42.2 Å². The van der Waals surface area contributed by atoms with Gasteiger partial charge in [0.05, 0.1) is 12.0 Å². The summed E-state index contributed by atoms with van der Waals surface area (Å²) in [6.45, 7) is 0. The first-order valence-electron chi connectivity index (χ1n) is 5.42. The molecule has 2 aromatic rings. The third kappa shape index (κ3) is 3.62. The van der Waals surface area contributed by atoms with Gasteiger partial charge in [0.15, 0.2) is 0 Å². The van der Waals surface area contributed by atoms with Crippen LogP contribution < -0.4 is 5.32 Å². The smallest absolute Gasteiger partial charge is 0.224 e. The lowest BCUT2D eigenvalue weighted by Crippen LogP contribution is -2.12. The highest BCUT2D eigenvalue weighted by atomic mass is 79.9. The fraction of sp³-hybridized carbons (Fsp3) is 0.154. The van der Waals surface area contributed by atoms with Crippen molar-refractivity contribution in [2.24, 2.45) is 0 Å². The summed E-state index contributed by atoms with van der Waals surface area (Å²) in [4.78, 5) is 11.7. The standard InChI is InChI=1S/C13H11BrClNO2/c14-11-8-9(15)3-5-12(11)16-13(17)6-4-10-2-1-7-18-10/h1-3,5,7-8H,4,6H2,(H,16,17). The molecule has 1 aromatic heterocycles. The fourth-order valence-electron chi connectivity index (χ4n) is 1.50. The average Bonchev–Trinajstić information content (AvgIpc) is 2.83. The maximum Gasteiger partial charge on any atom is 0.224 e. The van der Waals surface area contributed by atoms with Gasteiger partial charge in [-0.05, 0) is 46.3 Å². The van der Waals surface area contributed by atoms with E-state index in [1.54, 1.807) is 24.5 Å². The lowest BCUT2D eigenvalue weighted by atomic mass is 10.2. The predicted molar refractivity (Wildman–Crippen MR) is 74.8 cm³/mol. The van der Waals surface area contributed by atoms with Crippen molar-refractivity contribution in [3.8, 4) is 0 Å². The molecule has 0 fully saturated rings. The molecule has 3 nitrogen and oxygen atoms in total. The molecule has 0 atom stereocenters. The molecule has 94 valence electrons. The molecular formula is C13H11BrClNO2. The summed E-state index contributed by atoms with van der Waals surface area (Å²) in [7, 11) is 0. The summed E-state index contributed by atoms with van der Waals surface area (Å²) in [6.07, 6.45) is 2.57. The zero-order chi connectivity index (χ0) is 13.0. The summed E-state index contributed by atoms with van der Waals surface area (Å²) in [5.41, 5.74) is 0.712. The number of amides is 1. The molecule has 1 aromatic carbocycles. The summed E-state index contributed by atoms with van der Waals surface area (Å²) < 4.78 is 5.93. The normalized spacial score (nSPS) is 10.3. The first kappa shape index (κ1) is 13.2. The molecule has 0 aliphatic carbocycles. The monoisotopic (exact) mass is 327 g/mol. The van der Waals surface area contributed by atoms with Crippen molar-refractivity contribution in [1.82, 2.24) is 0 Å². The van der Waals surface area contributed by atoms with Gasteiger partial charge >= 0.3 is 0 Å². The van der Waals surface area contributed by atoms with Gasteiger partial charge in [-0.3, -0.25) is 4.79 Å². The number of halogens is 2. The molecular weight excluding hydrogens is 318 g/mol. The quantitative estimate of drug-likeness (QED) is 0.911. The molecule has 1 N–H and O–H groups in total. The Morgan fingerprint density at radius 1 is 1.39 bits per heavy atom. The van der Waals surface area contributed by atoms with Gasteiger partial charge in [0.25, 0.3) is 0 Å². The lowest BCUT2D eigenvalue weighted by molar-refractivity contribution is -0.116. The number of rotatable bonds is 4. The van der Waals surface area contributed by atoms with Crippen molar-refractivity contribution in [1.29, 1.82) is 0 Å². The van der Waals surface area contributed by atoms with E-state index in [9.17, 15) is 4.79 Å². The number of carbonyl (C=O) groups excluding carboxylic acids is 1. The Hall–Kier alpha value is -1.26. The lowest BCUT2D eigenvalue weighted by Gasteiger charge is -2.07. The zero-order valence-corrected chi connectivity index (χ0v) is 11.8. The van der Waals surface area contributed by atoms with Crippen LogP contribution in [0.2, 0.25) is 5.02 Å². The van der Waals surface area contributed by atoms with Crippen LogP contribution in [0.5, 0.6) is 0 Å². The van der Waals surface area contributed by atoms with E-state index in [2.05, 4.69) is 21.2 Å². The first-order chi connectivity index (χ1) is 8.65. The molecule has 0 unspecified atom stereocenters. The minimum Gasteiger partial charge on any atom is -0.469 e. The molecule has 5 heteroatoms. The number of hydrogen-bond donors (Lipinski definition) is 1. The molecule has 0 aliphatic heterocycles. The van der Waals surface area contributed by atoms with Gasteiger partial charge in [-0.15, -0.1) is 0 Å². The van der Waals surface area contributed by atoms with Crippen molar-refractivity contribution in [3.63, 3.8) is 0 Å². The van der Waals surface area contributed by atoms with Gasteiger partial charge in [0.2, 0.25) is 5.91 Å². The van der Waals surface area contributed by atoms with Crippen molar-refractivity contribution in [3.05, 3.63) is 51.9 Å². The number of aryl methyl sites for hydroxylation is 1. The van der Waals surface area contributed by atoms with Crippen LogP contribution in [-0.2, 0) is 11.2 Å². The maximum absolute atomic E-state index is 11.7. The Kier molecular flexibility index (Phi) is 4.44. The zero-order valence-electron chi connectivity index (χ0n) is 9.45. The summed E-state index contributed by atoms with van der Waals surface area (Å²) in [6, 6.07) is 8.89. The van der Waals surface area contributed by atoms with Crippen LogP contribution in [0.1, 0.15) is 12.2 Å². The molecule has 0 saturated heterocycles. The molecule has 0 aliphatic rings. The van der Waals surface area contributed by atoms with Crippen molar-refractivity contribution in [2.75, 3.05) is 5.32 Å². The third-order valence-electron chi connectivity index (χ3n) is 2.38. The highest BCUT2D eigenvalue weighted by molar-refractivity contribution is 9.10. The highest BCUT2D eigenvalue weighted by Gasteiger charge is 2.07. The Morgan fingerprint density at radius 2 is 2.22 bits per heavy atom. The number of hydrogen-bond acceptors (Lipinski definition) is 2. The van der Waals surface area contributed by atoms with Crippen LogP contribution in [-0.4, -0.2) is 5.91 Å². The van der Waals surface area contributed by atoms with Crippen LogP contribution in [0.4, 0.5) is 5.69 Å². The van der Waals surface area contributed by atoms with E-state index in [4.69, 9.17) is 16.0 Å². The SMILES string of the molecule is O=C(CCc1ccco1)Nc1ccc(Cl)cc1Br. The fourth-order valence-corrected chi connectivity index (χ4v) is 2.28. The summed E-state index contributed by atoms with van der Waals surface area (Å²) in [5.74, 6) is 0.745. The van der Waals surface area contributed by atoms with E-state index in [-0.39, 0.29) is 5.91 Å². The molecule has 0 radical (unpaired) electrons. The van der Waals surface area contributed by atoms with E-state index in [0.29, 0.717) is 23.6 Å². The average molecular weight is 329 g/mol. The molecule has 18 heavy (non-hydrogen) atoms. The number of furan rings is 1. The number of benzene rings is 1. The van der Waals surface area contributed by atoms with Gasteiger partial charge in [-0.2, -0.15) is 0 Å². The highest BCUT2D eigenvalue weighted by Crippen LogP contribution is 2.26. The molecule has 0 bridgehead atoms. The number of nitrogens with one attached hydrogen (secondary N) is 1. The minimum atomic E-state index is -0.0607. The Morgan fingerprint density at radius 3 is 2.89 bits per heavy atom. The van der Waals surface area contributed by atoms with Crippen LogP contribution >= 0.6 is 27.5 Å². The summed E-state index contributed by atoms with van der Waals surface area (Å²) in [5, 5.41) is 3.43. The van der Waals surface area contributed by atoms with Crippen LogP contribution in [0.3, 0.4) is 0 Å². The first-order valence-corrected chi connectivity index (χ1v) is 6.59. The second-order valence-electron chi connectivity index (χ2n) is 3.75. The minimum absolute atomic E-state index is 0.0607. The molecule has 2 rings (SSSR count). The van der Waals surface area contributed by atoms with E-state index in [1.807, 2.05) is 12.1 Å². The molecule has 0 spiro atoms. The van der Waals surface area contributed by atoms with Crippen molar-refractivity contribution < 1.29 is 9.21 Å². The second kappa shape index (κ2) is 6.07. The van der Waals surface area contributed by atoms with Gasteiger partial charge in [0.1, 0.15) is 5.76 Å². The van der Waals surface area contributed by atoms with Crippen LogP contribution in [0.15, 0.2) is 45.5 Å². The van der Waals surface area contributed by atoms with E-state index < -0.39 is 0 Å². The Bertz CT molecular complexity index is 540. The number of carbonyl (C=O) groups is 1. The van der Waals surface area contributed by atoms with Crippen molar-refractivity contribution in [2.45, 2.75) is 12.8 Å². The second-order valence-corrected chi connectivity index (χ2v) is 5.04. The van der Waals surface area contributed by atoms with Crippen molar-refractivity contribution >= 4 is 39.1 Å². The predicted octanol–water partition coefficient (Wildman–Crippen LogP) is 4.27. The van der Waals surface area contributed by atoms with Crippen LogP contribution in [0, 0.1) is 0 Å². The van der Waals surface area contributed by atoms with E-state index in [0.717, 1.165) is 10.2 Å². The van der Waals surface area contributed by atoms with Gasteiger partial charge in [0, 0.05) is 22.3 Å². The molecule has 0 saturated carbocycles. The molecule has 1 amide bonds. The Balaban J connectivity index is 1.91. The van der Waals surface area contributed by atoms with Gasteiger partial charge in [-0.25, -0.2) is 0 Å². The van der Waals surface area contributed by atoms with E-state index >= 15 is 0 Å². The summed E-state index contributed by atoms with van der Waals surface area (Å²) >= 11 is 9.17. The third-order valence-corrected chi connectivity index (χ3v) is 3.27. The van der Waals surface area contributed by atoms with Gasteiger partial charge < -0.3 is 9.73 Å². The Labute approximate surface area is 118 Å². The largest absolute Gasteiger partial charge is 0.469 e. The number of anilines is 1.